The van der Waals surface area contributed by atoms with E-state index in [1.807, 2.05) is 18.2 Å². The number of Topliss-reactive ketones (excluding diaryl/α,β-unsaturated/α-hetero) is 1. The van der Waals surface area contributed by atoms with Crippen LogP contribution >= 0.6 is 0 Å². The summed E-state index contributed by atoms with van der Waals surface area (Å²) >= 11 is 0. The Morgan fingerprint density at radius 3 is 2.74 bits per heavy atom. The highest BCUT2D eigenvalue weighted by Gasteiger charge is 2.30. The third-order valence-electron chi connectivity index (χ3n) is 4.42. The van der Waals surface area contributed by atoms with Gasteiger partial charge in [0, 0.05) is 11.8 Å². The number of imidazole rings is 1. The van der Waals surface area contributed by atoms with E-state index in [2.05, 4.69) is 15.3 Å². The van der Waals surface area contributed by atoms with E-state index in [1.165, 1.54) is 0 Å². The minimum atomic E-state index is -0.929. The molecule has 3 heterocycles. The van der Waals surface area contributed by atoms with Crippen molar-refractivity contribution < 1.29 is 19.4 Å². The zero-order valence-corrected chi connectivity index (χ0v) is 14.8. The van der Waals surface area contributed by atoms with E-state index in [0.717, 1.165) is 0 Å². The van der Waals surface area contributed by atoms with Crippen LogP contribution in [0.3, 0.4) is 0 Å². The fraction of sp³-hybridized carbons (Fsp3) is 0.211. The Bertz CT molecular complexity index is 1060. The van der Waals surface area contributed by atoms with Crippen LogP contribution in [0, 0.1) is 0 Å². The molecule has 4 rings (SSSR count). The predicted octanol–water partition coefficient (Wildman–Crippen LogP) is 1.77. The summed E-state index contributed by atoms with van der Waals surface area (Å²) in [6.07, 6.45) is 1.76. The van der Waals surface area contributed by atoms with E-state index in [0.29, 0.717) is 40.1 Å². The molecule has 8 heteroatoms. The van der Waals surface area contributed by atoms with Gasteiger partial charge in [-0.1, -0.05) is 6.07 Å². The van der Waals surface area contributed by atoms with Gasteiger partial charge < -0.3 is 19.9 Å². The predicted molar refractivity (Wildman–Crippen MR) is 100 cm³/mol. The highest BCUT2D eigenvalue weighted by atomic mass is 16.5. The first kappa shape index (κ1) is 17.0. The van der Waals surface area contributed by atoms with Gasteiger partial charge in [-0.25, -0.2) is 4.98 Å². The summed E-state index contributed by atoms with van der Waals surface area (Å²) in [4.78, 5) is 21.9. The van der Waals surface area contributed by atoms with Gasteiger partial charge in [0.25, 0.3) is 0 Å². The maximum absolute atomic E-state index is 12.9. The van der Waals surface area contributed by atoms with Crippen molar-refractivity contribution in [3.63, 3.8) is 0 Å². The van der Waals surface area contributed by atoms with Crippen molar-refractivity contribution in [2.45, 2.75) is 6.04 Å². The van der Waals surface area contributed by atoms with Gasteiger partial charge in [0.05, 0.1) is 20.8 Å². The van der Waals surface area contributed by atoms with Gasteiger partial charge in [-0.3, -0.25) is 14.2 Å². The molecule has 0 saturated heterocycles. The van der Waals surface area contributed by atoms with Crippen LogP contribution in [-0.2, 0) is 0 Å². The van der Waals surface area contributed by atoms with Crippen LogP contribution in [0.1, 0.15) is 16.1 Å². The molecule has 0 saturated carbocycles. The van der Waals surface area contributed by atoms with Gasteiger partial charge in [-0.15, -0.1) is 0 Å². The van der Waals surface area contributed by atoms with Crippen molar-refractivity contribution in [3.05, 3.63) is 53.9 Å². The molecule has 27 heavy (non-hydrogen) atoms. The number of nitrogens with one attached hydrogen (secondary N) is 1. The first-order valence-electron chi connectivity index (χ1n) is 8.35. The minimum Gasteiger partial charge on any atom is -0.493 e. The Hall–Kier alpha value is -3.39. The Balaban J connectivity index is 1.86. The molecule has 1 aromatic carbocycles. The number of aliphatic hydroxyl groups is 1. The number of anilines is 1. The van der Waals surface area contributed by atoms with E-state index >= 15 is 0 Å². The van der Waals surface area contributed by atoms with Crippen molar-refractivity contribution in [1.29, 1.82) is 0 Å². The third kappa shape index (κ3) is 2.80. The lowest BCUT2D eigenvalue weighted by molar-refractivity contribution is 0.0923. The highest BCUT2D eigenvalue weighted by molar-refractivity contribution is 6.16. The van der Waals surface area contributed by atoms with Crippen LogP contribution in [0.15, 0.2) is 47.6 Å². The van der Waals surface area contributed by atoms with E-state index in [9.17, 15) is 9.90 Å². The van der Waals surface area contributed by atoms with Crippen LogP contribution < -0.4 is 14.8 Å². The molecule has 138 valence electrons. The third-order valence-corrected chi connectivity index (χ3v) is 4.42. The lowest BCUT2D eigenvalue weighted by Crippen LogP contribution is -2.24. The molecule has 0 spiro atoms. The van der Waals surface area contributed by atoms with Crippen molar-refractivity contribution in [2.75, 3.05) is 26.1 Å². The minimum absolute atomic E-state index is 0.297. The Morgan fingerprint density at radius 1 is 1.19 bits per heavy atom. The molecule has 1 aliphatic heterocycles. The number of carbonyl (C=O) groups is 1. The van der Waals surface area contributed by atoms with Gasteiger partial charge in [0.1, 0.15) is 23.2 Å². The van der Waals surface area contributed by atoms with Crippen LogP contribution in [-0.4, -0.2) is 53.0 Å². The molecular formula is C19H18N4O4. The first-order chi connectivity index (χ1) is 13.2. The average molecular weight is 366 g/mol. The molecule has 0 radical (unpaired) electrons. The summed E-state index contributed by atoms with van der Waals surface area (Å²) in [7, 11) is 3.10. The lowest BCUT2D eigenvalue weighted by atomic mass is 10.1. The number of fused-ring (bicyclic) bond motifs is 3. The molecule has 1 aliphatic rings. The number of aliphatic imine (C=N–C) groups is 1. The summed E-state index contributed by atoms with van der Waals surface area (Å²) < 4.78 is 12.3. The maximum Gasteiger partial charge on any atom is 0.210 e. The fourth-order valence-electron chi connectivity index (χ4n) is 3.09. The number of benzene rings is 1. The number of hydrogen-bond acceptors (Lipinski definition) is 7. The number of carbonyl (C=O) groups excluding carboxylic acids is 1. The molecule has 0 bridgehead atoms. The molecule has 3 aromatic rings. The Labute approximate surface area is 155 Å². The molecule has 2 N–H and O–H groups in total. The smallest absolute Gasteiger partial charge is 0.210 e. The molecule has 8 nitrogen and oxygen atoms in total. The Morgan fingerprint density at radius 2 is 2.00 bits per heavy atom. The standard InChI is InChI=1S/C19H18N4O4/c1-26-13-7-6-11(9-14(13)27-2)18-20-12(10-24)17(25)16-19(22-18)21-15-5-3-4-8-23(15)16/h3-9,12,24H,10H2,1-2H3,(H,20,22)/t12-/m0/s1. The second kappa shape index (κ2) is 6.73. The highest BCUT2D eigenvalue weighted by Crippen LogP contribution is 2.30. The molecule has 0 amide bonds. The van der Waals surface area contributed by atoms with E-state index < -0.39 is 12.6 Å². The van der Waals surface area contributed by atoms with Gasteiger partial charge in [0.15, 0.2) is 17.3 Å². The summed E-state index contributed by atoms with van der Waals surface area (Å²) in [6.45, 7) is -0.406. The molecule has 1 atom stereocenters. The number of amidine groups is 1. The van der Waals surface area contributed by atoms with Gasteiger partial charge >= 0.3 is 0 Å². The molecule has 0 fully saturated rings. The zero-order chi connectivity index (χ0) is 19.0. The van der Waals surface area contributed by atoms with Crippen LogP contribution in [0.2, 0.25) is 0 Å². The zero-order valence-electron chi connectivity index (χ0n) is 14.8. The number of nitrogens with zero attached hydrogens (tertiary/aromatic N) is 3. The SMILES string of the molecule is COc1ccc(C2=N[C@@H](CO)C(=O)c3c(nc4ccccn34)N2)cc1OC. The molecule has 2 aromatic heterocycles. The molecule has 0 aliphatic carbocycles. The number of aromatic nitrogens is 2. The van der Waals surface area contributed by atoms with E-state index in [1.54, 1.807) is 43.0 Å². The number of methoxy groups -OCH3 is 2. The van der Waals surface area contributed by atoms with Crippen molar-refractivity contribution >= 4 is 23.1 Å². The number of ketones is 1. The second-order valence-electron chi connectivity index (χ2n) is 5.97. The number of hydrogen-bond donors (Lipinski definition) is 2. The summed E-state index contributed by atoms with van der Waals surface area (Å²) in [5.41, 5.74) is 1.68. The lowest BCUT2D eigenvalue weighted by Gasteiger charge is -2.12. The van der Waals surface area contributed by atoms with E-state index in [-0.39, 0.29) is 5.78 Å². The monoisotopic (exact) mass is 366 g/mol. The van der Waals surface area contributed by atoms with Crippen LogP contribution in [0.4, 0.5) is 5.82 Å². The molecular weight excluding hydrogens is 348 g/mol. The van der Waals surface area contributed by atoms with Crippen molar-refractivity contribution in [3.8, 4) is 11.5 Å². The average Bonchev–Trinajstić information content (AvgIpc) is 3.01. The number of aliphatic hydroxyl groups excluding tert-OH is 1. The normalized spacial score (nSPS) is 16.3. The number of pyridine rings is 1. The Kier molecular flexibility index (Phi) is 4.25. The van der Waals surface area contributed by atoms with Crippen molar-refractivity contribution in [2.24, 2.45) is 4.99 Å². The second-order valence-corrected chi connectivity index (χ2v) is 5.97. The molecule has 0 unspecified atom stereocenters. The topological polar surface area (TPSA) is 97.5 Å². The maximum atomic E-state index is 12.9. The van der Waals surface area contributed by atoms with Crippen molar-refractivity contribution in [1.82, 2.24) is 9.38 Å². The van der Waals surface area contributed by atoms with Crippen LogP contribution in [0.5, 0.6) is 11.5 Å². The van der Waals surface area contributed by atoms with Gasteiger partial charge in [0.2, 0.25) is 5.78 Å². The number of ether oxygens (including phenoxy) is 2. The largest absolute Gasteiger partial charge is 0.493 e. The summed E-state index contributed by atoms with van der Waals surface area (Å²) in [5, 5.41) is 12.9. The number of rotatable bonds is 4. The summed E-state index contributed by atoms with van der Waals surface area (Å²) in [5.74, 6) is 1.64. The van der Waals surface area contributed by atoms with Gasteiger partial charge in [-0.2, -0.15) is 0 Å². The summed E-state index contributed by atoms with van der Waals surface area (Å²) in [6, 6.07) is 9.85. The van der Waals surface area contributed by atoms with Gasteiger partial charge in [-0.05, 0) is 30.3 Å². The van der Waals surface area contributed by atoms with Crippen LogP contribution in [0.25, 0.3) is 5.65 Å². The van der Waals surface area contributed by atoms with E-state index in [4.69, 9.17) is 9.47 Å². The first-order valence-corrected chi connectivity index (χ1v) is 8.35. The fourth-order valence-corrected chi connectivity index (χ4v) is 3.09. The quantitative estimate of drug-likeness (QED) is 0.730.